The van der Waals surface area contributed by atoms with Crippen LogP contribution >= 0.6 is 0 Å². The van der Waals surface area contributed by atoms with Gasteiger partial charge in [-0.1, -0.05) is 55.5 Å². The van der Waals surface area contributed by atoms with Gasteiger partial charge in [-0.25, -0.2) is 0 Å². The molecular weight excluding hydrogens is 240 g/mol. The van der Waals surface area contributed by atoms with Gasteiger partial charge in [-0.15, -0.1) is 0 Å². The van der Waals surface area contributed by atoms with E-state index in [0.717, 1.165) is 12.3 Å². The maximum Gasteiger partial charge on any atom is -0.0162 e. The van der Waals surface area contributed by atoms with Crippen molar-refractivity contribution in [3.63, 3.8) is 0 Å². The first-order valence-corrected chi connectivity index (χ1v) is 7.88. The van der Waals surface area contributed by atoms with Crippen molar-refractivity contribution in [1.82, 2.24) is 0 Å². The summed E-state index contributed by atoms with van der Waals surface area (Å²) in [6.07, 6.45) is 8.75. The topological polar surface area (TPSA) is 0 Å². The molecule has 1 aliphatic carbocycles. The molecule has 0 amide bonds. The molecule has 0 spiro atoms. The first-order chi connectivity index (χ1) is 9.86. The van der Waals surface area contributed by atoms with Crippen LogP contribution in [-0.2, 0) is 6.42 Å². The van der Waals surface area contributed by atoms with E-state index >= 15 is 0 Å². The van der Waals surface area contributed by atoms with Crippen molar-refractivity contribution in [3.8, 4) is 11.1 Å². The molecule has 3 rings (SSSR count). The molecule has 0 bridgehead atoms. The summed E-state index contributed by atoms with van der Waals surface area (Å²) < 4.78 is 0. The van der Waals surface area contributed by atoms with Gasteiger partial charge >= 0.3 is 0 Å². The first kappa shape index (κ1) is 13.4. The van der Waals surface area contributed by atoms with Gasteiger partial charge in [-0.05, 0) is 66.7 Å². The van der Waals surface area contributed by atoms with E-state index in [1.165, 1.54) is 47.9 Å². The highest BCUT2D eigenvalue weighted by Crippen LogP contribution is 2.33. The lowest BCUT2D eigenvalue weighted by Gasteiger charge is -2.21. The van der Waals surface area contributed by atoms with Gasteiger partial charge in [0.25, 0.3) is 0 Å². The average Bonchev–Trinajstić information content (AvgIpc) is 2.56. The van der Waals surface area contributed by atoms with E-state index in [2.05, 4.69) is 61.9 Å². The summed E-state index contributed by atoms with van der Waals surface area (Å²) in [4.78, 5) is 0. The Hall–Kier alpha value is -1.56. The van der Waals surface area contributed by atoms with E-state index < -0.39 is 0 Å². The number of benzene rings is 2. The van der Waals surface area contributed by atoms with Gasteiger partial charge in [-0.2, -0.15) is 0 Å². The van der Waals surface area contributed by atoms with Crippen LogP contribution < -0.4 is 0 Å². The van der Waals surface area contributed by atoms with Crippen LogP contribution in [0, 0.1) is 6.42 Å². The molecule has 0 aromatic heterocycles. The summed E-state index contributed by atoms with van der Waals surface area (Å²) >= 11 is 0. The summed E-state index contributed by atoms with van der Waals surface area (Å²) in [5.41, 5.74) is 5.58. The Morgan fingerprint density at radius 2 is 1.35 bits per heavy atom. The van der Waals surface area contributed by atoms with Crippen molar-refractivity contribution in [1.29, 1.82) is 0 Å². The van der Waals surface area contributed by atoms with Crippen molar-refractivity contribution in [2.75, 3.05) is 0 Å². The maximum absolute atomic E-state index is 2.43. The smallest absolute Gasteiger partial charge is 0.0162 e. The third-order valence-electron chi connectivity index (χ3n) is 4.52. The highest BCUT2D eigenvalue weighted by atomic mass is 14.2. The molecule has 0 nitrogen and oxygen atoms in total. The van der Waals surface area contributed by atoms with Crippen molar-refractivity contribution in [3.05, 3.63) is 66.1 Å². The summed E-state index contributed by atoms with van der Waals surface area (Å²) in [5, 5.41) is 0. The molecular formula is C20H23. The summed E-state index contributed by atoms with van der Waals surface area (Å²) in [6, 6.07) is 18.2. The molecule has 0 N–H and O–H groups in total. The minimum absolute atomic E-state index is 0.775. The molecule has 0 aliphatic heterocycles. The van der Waals surface area contributed by atoms with Crippen LogP contribution in [0.5, 0.6) is 0 Å². The molecule has 2 aromatic carbocycles. The summed E-state index contributed by atoms with van der Waals surface area (Å²) in [7, 11) is 0. The lowest BCUT2D eigenvalue weighted by molar-refractivity contribution is 0.512. The molecule has 0 unspecified atom stereocenters. The Morgan fingerprint density at radius 1 is 0.800 bits per heavy atom. The minimum atomic E-state index is 0.775. The second-order valence-electron chi connectivity index (χ2n) is 5.81. The van der Waals surface area contributed by atoms with E-state index in [0.29, 0.717) is 0 Å². The second kappa shape index (κ2) is 6.26. The Labute approximate surface area is 122 Å². The molecule has 20 heavy (non-hydrogen) atoms. The van der Waals surface area contributed by atoms with Crippen molar-refractivity contribution in [2.24, 2.45) is 0 Å². The SMILES string of the molecule is CCc1ccc(-c2ccc(C3CC[CH]CC3)cc2)cc1. The minimum Gasteiger partial charge on any atom is -0.0613 e. The normalized spacial score (nSPS) is 16.2. The number of hydrogen-bond donors (Lipinski definition) is 0. The van der Waals surface area contributed by atoms with E-state index in [9.17, 15) is 0 Å². The van der Waals surface area contributed by atoms with Gasteiger partial charge in [-0.3, -0.25) is 0 Å². The van der Waals surface area contributed by atoms with E-state index in [1.807, 2.05) is 0 Å². The van der Waals surface area contributed by atoms with E-state index in [4.69, 9.17) is 0 Å². The monoisotopic (exact) mass is 263 g/mol. The quantitative estimate of drug-likeness (QED) is 0.658. The summed E-state index contributed by atoms with van der Waals surface area (Å²) in [6.45, 7) is 2.20. The van der Waals surface area contributed by atoms with Crippen LogP contribution in [0.2, 0.25) is 0 Å². The highest BCUT2D eigenvalue weighted by Gasteiger charge is 2.15. The fourth-order valence-corrected chi connectivity index (χ4v) is 3.14. The lowest BCUT2D eigenvalue weighted by atomic mass is 9.84. The number of hydrogen-bond acceptors (Lipinski definition) is 0. The van der Waals surface area contributed by atoms with Gasteiger partial charge in [0.15, 0.2) is 0 Å². The molecule has 1 fully saturated rings. The van der Waals surface area contributed by atoms with Crippen molar-refractivity contribution in [2.45, 2.75) is 44.9 Å². The third-order valence-corrected chi connectivity index (χ3v) is 4.52. The number of rotatable bonds is 3. The fourth-order valence-electron chi connectivity index (χ4n) is 3.14. The van der Waals surface area contributed by atoms with E-state index in [1.54, 1.807) is 0 Å². The molecule has 0 heteroatoms. The van der Waals surface area contributed by atoms with Gasteiger partial charge in [0, 0.05) is 0 Å². The Morgan fingerprint density at radius 3 is 1.90 bits per heavy atom. The largest absolute Gasteiger partial charge is 0.0613 e. The molecule has 1 radical (unpaired) electrons. The van der Waals surface area contributed by atoms with Crippen LogP contribution in [-0.4, -0.2) is 0 Å². The van der Waals surface area contributed by atoms with Crippen LogP contribution in [0.1, 0.15) is 49.7 Å². The molecule has 0 saturated heterocycles. The molecule has 1 aliphatic rings. The standard InChI is InChI=1S/C20H23/c1-2-16-8-10-18(11-9-16)20-14-12-19(13-15-20)17-6-4-3-5-7-17/h3,8-15,17H,2,4-7H2,1H3. The molecule has 0 heterocycles. The van der Waals surface area contributed by atoms with Gasteiger partial charge < -0.3 is 0 Å². The lowest BCUT2D eigenvalue weighted by Crippen LogP contribution is -2.04. The first-order valence-electron chi connectivity index (χ1n) is 7.88. The highest BCUT2D eigenvalue weighted by molar-refractivity contribution is 5.64. The zero-order valence-electron chi connectivity index (χ0n) is 12.3. The zero-order chi connectivity index (χ0) is 13.8. The third kappa shape index (κ3) is 2.95. The average molecular weight is 263 g/mol. The maximum atomic E-state index is 2.43. The van der Waals surface area contributed by atoms with Crippen LogP contribution in [0.4, 0.5) is 0 Å². The van der Waals surface area contributed by atoms with Crippen LogP contribution in [0.25, 0.3) is 11.1 Å². The Kier molecular flexibility index (Phi) is 4.20. The molecule has 0 atom stereocenters. The second-order valence-corrected chi connectivity index (χ2v) is 5.81. The summed E-state index contributed by atoms with van der Waals surface area (Å²) in [5.74, 6) is 0.775. The Bertz CT molecular complexity index is 527. The van der Waals surface area contributed by atoms with Gasteiger partial charge in [0.2, 0.25) is 0 Å². The van der Waals surface area contributed by atoms with Gasteiger partial charge in [0.1, 0.15) is 0 Å². The van der Waals surface area contributed by atoms with Crippen LogP contribution in [0.3, 0.4) is 0 Å². The number of aryl methyl sites for hydroxylation is 1. The van der Waals surface area contributed by atoms with Crippen molar-refractivity contribution >= 4 is 0 Å². The Balaban J connectivity index is 1.77. The molecule has 2 aromatic rings. The van der Waals surface area contributed by atoms with Gasteiger partial charge in [0.05, 0.1) is 0 Å². The predicted octanol–water partition coefficient (Wildman–Crippen LogP) is 5.78. The zero-order valence-corrected chi connectivity index (χ0v) is 12.3. The molecule has 1 saturated carbocycles. The van der Waals surface area contributed by atoms with Crippen molar-refractivity contribution < 1.29 is 0 Å². The van der Waals surface area contributed by atoms with Crippen LogP contribution in [0.15, 0.2) is 48.5 Å². The fraction of sp³-hybridized carbons (Fsp3) is 0.350. The predicted molar refractivity (Wildman–Crippen MR) is 86.8 cm³/mol. The van der Waals surface area contributed by atoms with E-state index in [-0.39, 0.29) is 0 Å². The molecule has 103 valence electrons.